The van der Waals surface area contributed by atoms with Gasteiger partial charge in [0, 0.05) is 5.56 Å². The topological polar surface area (TPSA) is 21.6 Å². The summed E-state index contributed by atoms with van der Waals surface area (Å²) in [6.07, 6.45) is -0.388. The summed E-state index contributed by atoms with van der Waals surface area (Å²) in [4.78, 5) is 4.79. The van der Waals surface area contributed by atoms with E-state index in [4.69, 9.17) is 4.84 Å². The fourth-order valence-corrected chi connectivity index (χ4v) is 1.16. The minimum Gasteiger partial charge on any atom is -0.395 e. The van der Waals surface area contributed by atoms with Crippen molar-refractivity contribution >= 4 is 6.21 Å². The maximum Gasteiger partial charge on any atom is 0.417 e. The molecule has 1 aromatic rings. The Morgan fingerprint density at radius 3 is 2.65 bits per heavy atom. The molecule has 0 amide bonds. The van der Waals surface area contributed by atoms with Crippen LogP contribution in [0.1, 0.15) is 30.9 Å². The van der Waals surface area contributed by atoms with E-state index in [0.717, 1.165) is 18.9 Å². The molecule has 0 N–H and O–H groups in total. The quantitative estimate of drug-likeness (QED) is 0.439. The summed E-state index contributed by atoms with van der Waals surface area (Å²) in [5, 5.41) is 3.40. The molecule has 17 heavy (non-hydrogen) atoms. The van der Waals surface area contributed by atoms with E-state index in [2.05, 4.69) is 11.4 Å². The lowest BCUT2D eigenvalue weighted by molar-refractivity contribution is -0.137. The van der Waals surface area contributed by atoms with Gasteiger partial charge in [0.05, 0.1) is 5.56 Å². The van der Waals surface area contributed by atoms with E-state index in [1.165, 1.54) is 18.2 Å². The van der Waals surface area contributed by atoms with Gasteiger partial charge in [-0.3, -0.25) is 0 Å². The van der Waals surface area contributed by atoms with Gasteiger partial charge in [-0.1, -0.05) is 36.7 Å². The fourth-order valence-electron chi connectivity index (χ4n) is 1.16. The molecule has 0 aliphatic heterocycles. The number of hydrogen-bond donors (Lipinski definition) is 0. The third-order valence-electron chi connectivity index (χ3n) is 2.05. The molecule has 2 nitrogen and oxygen atoms in total. The van der Waals surface area contributed by atoms with Crippen LogP contribution in [0.4, 0.5) is 13.2 Å². The molecule has 0 aromatic heterocycles. The predicted octanol–water partition coefficient (Wildman–Crippen LogP) is 3.73. The Balaban J connectivity index is 2.71. The molecule has 0 saturated carbocycles. The molecule has 93 valence electrons. The van der Waals surface area contributed by atoms with Crippen molar-refractivity contribution in [2.24, 2.45) is 5.16 Å². The van der Waals surface area contributed by atoms with Gasteiger partial charge in [0.25, 0.3) is 0 Å². The predicted molar refractivity (Wildman–Crippen MR) is 58.8 cm³/mol. The third kappa shape index (κ3) is 4.46. The largest absolute Gasteiger partial charge is 0.417 e. The SMILES string of the molecule is CCCCO/N=[C]\c1ccccc1C(F)(F)F. The normalized spacial score (nSPS) is 12.0. The van der Waals surface area contributed by atoms with Crippen LogP contribution in [-0.4, -0.2) is 12.8 Å². The monoisotopic (exact) mass is 244 g/mol. The number of halogens is 3. The Labute approximate surface area is 98.1 Å². The number of rotatable bonds is 5. The first kappa shape index (κ1) is 13.5. The second-order valence-electron chi connectivity index (χ2n) is 3.43. The fraction of sp³-hybridized carbons (Fsp3) is 0.417. The van der Waals surface area contributed by atoms with E-state index in [1.54, 1.807) is 0 Å². The van der Waals surface area contributed by atoms with Crippen molar-refractivity contribution in [3.05, 3.63) is 35.4 Å². The van der Waals surface area contributed by atoms with Crippen LogP contribution in [0.15, 0.2) is 29.4 Å². The summed E-state index contributed by atoms with van der Waals surface area (Å²) in [6.45, 7) is 2.37. The Morgan fingerprint density at radius 2 is 2.00 bits per heavy atom. The van der Waals surface area contributed by atoms with Crippen molar-refractivity contribution in [3.8, 4) is 0 Å². The van der Waals surface area contributed by atoms with Crippen LogP contribution in [0.3, 0.4) is 0 Å². The van der Waals surface area contributed by atoms with E-state index < -0.39 is 11.7 Å². The van der Waals surface area contributed by atoms with Gasteiger partial charge in [0.1, 0.15) is 12.8 Å². The Hall–Kier alpha value is -1.52. The maximum atomic E-state index is 12.6. The Kier molecular flexibility index (Phi) is 5.00. The zero-order valence-electron chi connectivity index (χ0n) is 9.42. The van der Waals surface area contributed by atoms with Crippen molar-refractivity contribution in [2.45, 2.75) is 25.9 Å². The summed E-state index contributed by atoms with van der Waals surface area (Å²) >= 11 is 0. The molecule has 0 atom stereocenters. The molecule has 1 aromatic carbocycles. The van der Waals surface area contributed by atoms with Crippen LogP contribution in [0.2, 0.25) is 0 Å². The molecule has 0 unspecified atom stereocenters. The first-order chi connectivity index (χ1) is 8.05. The van der Waals surface area contributed by atoms with Crippen molar-refractivity contribution < 1.29 is 18.0 Å². The number of alkyl halides is 3. The van der Waals surface area contributed by atoms with E-state index in [-0.39, 0.29) is 5.56 Å². The molecule has 0 saturated heterocycles. The van der Waals surface area contributed by atoms with Crippen LogP contribution in [0.25, 0.3) is 0 Å². The minimum absolute atomic E-state index is 0.114. The highest BCUT2D eigenvalue weighted by atomic mass is 19.4. The molecule has 5 heteroatoms. The average Bonchev–Trinajstić information content (AvgIpc) is 2.28. The molecule has 1 radical (unpaired) electrons. The van der Waals surface area contributed by atoms with Crippen LogP contribution < -0.4 is 0 Å². The van der Waals surface area contributed by atoms with Gasteiger partial charge in [0.2, 0.25) is 0 Å². The number of benzene rings is 1. The van der Waals surface area contributed by atoms with Crippen LogP contribution >= 0.6 is 0 Å². The smallest absolute Gasteiger partial charge is 0.395 e. The van der Waals surface area contributed by atoms with Gasteiger partial charge in [-0.15, -0.1) is 0 Å². The highest BCUT2D eigenvalue weighted by molar-refractivity contribution is 5.81. The molecular weight excluding hydrogens is 231 g/mol. The highest BCUT2D eigenvalue weighted by Crippen LogP contribution is 2.31. The van der Waals surface area contributed by atoms with Crippen molar-refractivity contribution in [1.29, 1.82) is 0 Å². The van der Waals surface area contributed by atoms with Gasteiger partial charge >= 0.3 is 6.18 Å². The van der Waals surface area contributed by atoms with Crippen LogP contribution in [0.5, 0.6) is 0 Å². The second-order valence-corrected chi connectivity index (χ2v) is 3.43. The first-order valence-corrected chi connectivity index (χ1v) is 5.30. The first-order valence-electron chi connectivity index (χ1n) is 5.30. The zero-order valence-corrected chi connectivity index (χ0v) is 9.42. The molecule has 1 rings (SSSR count). The third-order valence-corrected chi connectivity index (χ3v) is 2.05. The Morgan fingerprint density at radius 1 is 1.29 bits per heavy atom. The maximum absolute atomic E-state index is 12.6. The van der Waals surface area contributed by atoms with Gasteiger partial charge in [-0.25, -0.2) is 0 Å². The summed E-state index contributed by atoms with van der Waals surface area (Å²) in [5.74, 6) is 0. The standard InChI is InChI=1S/C12H13F3NO/c1-2-3-8-17-16-9-10-6-4-5-7-11(10)12(13,14)15/h4-7H,2-3,8H2,1H3. The summed E-state index contributed by atoms with van der Waals surface area (Å²) in [7, 11) is 0. The van der Waals surface area contributed by atoms with Crippen molar-refractivity contribution in [3.63, 3.8) is 0 Å². The molecule has 0 heterocycles. The van der Waals surface area contributed by atoms with E-state index in [0.29, 0.717) is 6.61 Å². The summed E-state index contributed by atoms with van der Waals surface area (Å²) in [5.41, 5.74) is -0.876. The zero-order chi connectivity index (χ0) is 12.7. The molecule has 0 aliphatic rings. The lowest BCUT2D eigenvalue weighted by Crippen LogP contribution is -2.08. The van der Waals surface area contributed by atoms with Crippen LogP contribution in [0, 0.1) is 0 Å². The summed E-state index contributed by atoms with van der Waals surface area (Å²) in [6, 6.07) is 5.12. The van der Waals surface area contributed by atoms with Crippen molar-refractivity contribution in [2.75, 3.05) is 6.61 Å². The van der Waals surface area contributed by atoms with Crippen molar-refractivity contribution in [1.82, 2.24) is 0 Å². The lowest BCUT2D eigenvalue weighted by atomic mass is 10.1. The molecule has 0 bridgehead atoms. The molecule has 0 spiro atoms. The number of nitrogens with zero attached hydrogens (tertiary/aromatic N) is 1. The second kappa shape index (κ2) is 6.27. The van der Waals surface area contributed by atoms with E-state index >= 15 is 0 Å². The van der Waals surface area contributed by atoms with Gasteiger partial charge < -0.3 is 4.84 Å². The van der Waals surface area contributed by atoms with E-state index in [1.807, 2.05) is 6.92 Å². The Bertz CT molecular complexity index is 374. The van der Waals surface area contributed by atoms with E-state index in [9.17, 15) is 13.2 Å². The molecular formula is C12H13F3NO. The average molecular weight is 244 g/mol. The van der Waals surface area contributed by atoms with Gasteiger partial charge in [0.15, 0.2) is 0 Å². The number of unbranched alkanes of at least 4 members (excludes halogenated alkanes) is 1. The molecule has 0 fully saturated rings. The lowest BCUT2D eigenvalue weighted by Gasteiger charge is -2.08. The van der Waals surface area contributed by atoms with Crippen LogP contribution in [-0.2, 0) is 11.0 Å². The number of hydrogen-bond acceptors (Lipinski definition) is 2. The molecule has 0 aliphatic carbocycles. The summed E-state index contributed by atoms with van der Waals surface area (Å²) < 4.78 is 37.7. The highest BCUT2D eigenvalue weighted by Gasteiger charge is 2.32. The van der Waals surface area contributed by atoms with Gasteiger partial charge in [-0.05, 0) is 12.5 Å². The minimum atomic E-state index is -4.40. The van der Waals surface area contributed by atoms with Gasteiger partial charge in [-0.2, -0.15) is 13.2 Å².